The number of benzene rings is 1. The molecule has 1 rings (SSSR count). The zero-order chi connectivity index (χ0) is 13.9. The van der Waals surface area contributed by atoms with E-state index in [1.165, 1.54) is 0 Å². The molecule has 0 amide bonds. The van der Waals surface area contributed by atoms with Gasteiger partial charge < -0.3 is 10.8 Å². The van der Waals surface area contributed by atoms with Crippen molar-refractivity contribution >= 4 is 24.0 Å². The van der Waals surface area contributed by atoms with Gasteiger partial charge in [-0.25, -0.2) is 4.39 Å². The summed E-state index contributed by atoms with van der Waals surface area (Å²) in [7, 11) is 0. The molecule has 0 unspecified atom stereocenters. The van der Waals surface area contributed by atoms with Crippen LogP contribution in [-0.2, 0) is 0 Å². The second-order valence-electron chi connectivity index (χ2n) is 5.16. The van der Waals surface area contributed by atoms with Gasteiger partial charge >= 0.3 is 0 Å². The molecule has 110 valence electrons. The van der Waals surface area contributed by atoms with Gasteiger partial charge in [-0.3, -0.25) is 0 Å². The summed E-state index contributed by atoms with van der Waals surface area (Å²) in [6.07, 6.45) is 0.615. The molecule has 3 N–H and O–H groups in total. The first-order valence-corrected chi connectivity index (χ1v) is 6.60. The molecule has 0 fully saturated rings. The third-order valence-corrected chi connectivity index (χ3v) is 3.44. The molecule has 0 saturated carbocycles. The molecule has 0 aliphatic carbocycles. The Morgan fingerprint density at radius 2 is 1.89 bits per heavy atom. The first kappa shape index (κ1) is 18.7. The van der Waals surface area contributed by atoms with Gasteiger partial charge in [0.1, 0.15) is 5.82 Å². The van der Waals surface area contributed by atoms with Gasteiger partial charge in [-0.1, -0.05) is 31.5 Å². The number of halogens is 3. The number of hydrogen-bond donors (Lipinski definition) is 2. The van der Waals surface area contributed by atoms with E-state index in [9.17, 15) is 9.50 Å². The Kier molecular flexibility index (Phi) is 7.90. The van der Waals surface area contributed by atoms with Crippen LogP contribution in [0.3, 0.4) is 0 Å². The Hall–Kier alpha value is -0.350. The minimum absolute atomic E-state index is 0. The highest BCUT2D eigenvalue weighted by Crippen LogP contribution is 2.30. The molecule has 0 saturated heterocycles. The van der Waals surface area contributed by atoms with Gasteiger partial charge in [0, 0.05) is 10.6 Å². The predicted octanol–water partition coefficient (Wildman–Crippen LogP) is 4.01. The maximum atomic E-state index is 14.0. The van der Waals surface area contributed by atoms with Crippen molar-refractivity contribution in [3.8, 4) is 0 Å². The molecular weight excluding hydrogens is 288 g/mol. The van der Waals surface area contributed by atoms with Gasteiger partial charge in [-0.05, 0) is 37.3 Å². The Morgan fingerprint density at radius 1 is 1.32 bits per heavy atom. The van der Waals surface area contributed by atoms with Crippen LogP contribution in [0.15, 0.2) is 12.1 Å². The van der Waals surface area contributed by atoms with E-state index in [-0.39, 0.29) is 23.0 Å². The third kappa shape index (κ3) is 4.92. The molecule has 0 aliphatic rings. The van der Waals surface area contributed by atoms with Crippen molar-refractivity contribution in [1.29, 1.82) is 0 Å². The van der Waals surface area contributed by atoms with Crippen LogP contribution in [0.25, 0.3) is 0 Å². The molecule has 19 heavy (non-hydrogen) atoms. The molecule has 0 heterocycles. The summed E-state index contributed by atoms with van der Waals surface area (Å²) in [5.41, 5.74) is 6.62. The zero-order valence-electron chi connectivity index (χ0n) is 11.5. The number of aliphatic hydroxyl groups is 1. The van der Waals surface area contributed by atoms with Gasteiger partial charge in [0.05, 0.1) is 12.1 Å². The highest BCUT2D eigenvalue weighted by Gasteiger charge is 2.23. The van der Waals surface area contributed by atoms with Gasteiger partial charge in [-0.2, -0.15) is 0 Å². The van der Waals surface area contributed by atoms with Crippen molar-refractivity contribution in [3.05, 3.63) is 34.1 Å². The summed E-state index contributed by atoms with van der Waals surface area (Å²) in [4.78, 5) is 0. The summed E-state index contributed by atoms with van der Waals surface area (Å²) >= 11 is 5.97. The van der Waals surface area contributed by atoms with Crippen molar-refractivity contribution < 1.29 is 9.50 Å². The molecule has 1 aromatic rings. The number of nitrogens with two attached hydrogens (primary N) is 1. The Bertz CT molecular complexity index is 413. The van der Waals surface area contributed by atoms with E-state index >= 15 is 0 Å². The van der Waals surface area contributed by atoms with Crippen LogP contribution in [0.4, 0.5) is 4.39 Å². The summed E-state index contributed by atoms with van der Waals surface area (Å²) in [6, 6.07) is 2.44. The van der Waals surface area contributed by atoms with E-state index in [2.05, 4.69) is 13.8 Å². The first-order chi connectivity index (χ1) is 8.34. The van der Waals surface area contributed by atoms with E-state index in [4.69, 9.17) is 17.3 Å². The van der Waals surface area contributed by atoms with Gasteiger partial charge in [0.15, 0.2) is 0 Å². The average Bonchev–Trinajstić information content (AvgIpc) is 2.31. The maximum absolute atomic E-state index is 14.0. The largest absolute Gasteiger partial charge is 0.391 e. The topological polar surface area (TPSA) is 46.2 Å². The second-order valence-corrected chi connectivity index (χ2v) is 5.56. The van der Waals surface area contributed by atoms with Crippen molar-refractivity contribution in [1.82, 2.24) is 0 Å². The Morgan fingerprint density at radius 3 is 2.42 bits per heavy atom. The van der Waals surface area contributed by atoms with Gasteiger partial charge in [0.25, 0.3) is 0 Å². The zero-order valence-corrected chi connectivity index (χ0v) is 13.1. The smallest absolute Gasteiger partial charge is 0.132 e. The fourth-order valence-corrected chi connectivity index (χ4v) is 2.13. The minimum Gasteiger partial charge on any atom is -0.391 e. The summed E-state index contributed by atoms with van der Waals surface area (Å²) in [5.74, 6) is 0.0586. The number of rotatable bonds is 5. The van der Waals surface area contributed by atoms with Gasteiger partial charge in [0.2, 0.25) is 0 Å². The highest BCUT2D eigenvalue weighted by molar-refractivity contribution is 6.31. The molecule has 2 nitrogen and oxygen atoms in total. The molecule has 0 bridgehead atoms. The molecule has 0 aliphatic heterocycles. The molecule has 5 heteroatoms. The molecular formula is C14H22Cl2FNO. The van der Waals surface area contributed by atoms with Crippen LogP contribution < -0.4 is 5.73 Å². The lowest BCUT2D eigenvalue weighted by Crippen LogP contribution is -2.28. The van der Waals surface area contributed by atoms with Crippen LogP contribution in [0.5, 0.6) is 0 Å². The summed E-state index contributed by atoms with van der Waals surface area (Å²) < 4.78 is 14.0. The molecule has 1 aromatic carbocycles. The highest BCUT2D eigenvalue weighted by atomic mass is 35.5. The van der Waals surface area contributed by atoms with E-state index in [1.54, 1.807) is 19.1 Å². The van der Waals surface area contributed by atoms with Crippen LogP contribution in [0.1, 0.15) is 43.9 Å². The third-order valence-electron chi connectivity index (χ3n) is 3.11. The molecule has 0 spiro atoms. The minimum atomic E-state index is -0.781. The monoisotopic (exact) mass is 309 g/mol. The fraction of sp³-hybridized carbons (Fsp3) is 0.571. The van der Waals surface area contributed by atoms with E-state index in [0.29, 0.717) is 17.9 Å². The molecule has 0 radical (unpaired) electrons. The lowest BCUT2D eigenvalue weighted by atomic mass is 9.94. The van der Waals surface area contributed by atoms with Crippen LogP contribution in [-0.4, -0.2) is 11.2 Å². The Labute approximate surface area is 125 Å². The van der Waals surface area contributed by atoms with Crippen LogP contribution in [0, 0.1) is 18.7 Å². The van der Waals surface area contributed by atoms with Crippen molar-refractivity contribution in [2.75, 3.05) is 0 Å². The predicted molar refractivity (Wildman–Crippen MR) is 80.4 cm³/mol. The maximum Gasteiger partial charge on any atom is 0.132 e. The quantitative estimate of drug-likeness (QED) is 0.863. The second kappa shape index (κ2) is 8.05. The van der Waals surface area contributed by atoms with Gasteiger partial charge in [-0.15, -0.1) is 12.4 Å². The average molecular weight is 310 g/mol. The van der Waals surface area contributed by atoms with E-state index in [0.717, 1.165) is 6.42 Å². The van der Waals surface area contributed by atoms with Crippen LogP contribution >= 0.6 is 24.0 Å². The fourth-order valence-electron chi connectivity index (χ4n) is 1.86. The first-order valence-electron chi connectivity index (χ1n) is 6.22. The summed E-state index contributed by atoms with van der Waals surface area (Å²) in [6.45, 7) is 5.79. The van der Waals surface area contributed by atoms with E-state index in [1.807, 2.05) is 0 Å². The lowest BCUT2D eigenvalue weighted by molar-refractivity contribution is 0.127. The van der Waals surface area contributed by atoms with Crippen molar-refractivity contribution in [2.45, 2.75) is 45.8 Å². The van der Waals surface area contributed by atoms with E-state index < -0.39 is 18.0 Å². The standard InChI is InChI=1S/C14H21ClFNO.ClH/c1-8(2)4-7-11(18)14(17)12-10(15)6-5-9(3)13(12)16;/h5-6,8,11,14,18H,4,7,17H2,1-3H3;1H/t11-,14-;/m0./s1. The number of aryl methyl sites for hydroxylation is 1. The summed E-state index contributed by atoms with van der Waals surface area (Å²) in [5, 5.41) is 10.3. The number of hydrogen-bond acceptors (Lipinski definition) is 2. The SMILES string of the molecule is Cc1ccc(Cl)c([C@@H](N)[C@@H](O)CCC(C)C)c1F.Cl. The normalized spacial score (nSPS) is 14.1. The molecule has 0 aromatic heterocycles. The number of aliphatic hydroxyl groups excluding tert-OH is 1. The van der Waals surface area contributed by atoms with Crippen LogP contribution in [0.2, 0.25) is 5.02 Å². The molecule has 2 atom stereocenters. The van der Waals surface area contributed by atoms with Crippen molar-refractivity contribution in [2.24, 2.45) is 11.7 Å². The lowest BCUT2D eigenvalue weighted by Gasteiger charge is -2.22. The Balaban J connectivity index is 0.00000324. The van der Waals surface area contributed by atoms with Crippen molar-refractivity contribution in [3.63, 3.8) is 0 Å².